The van der Waals surface area contributed by atoms with Gasteiger partial charge in [-0.2, -0.15) is 0 Å². The third-order valence-corrected chi connectivity index (χ3v) is 2.38. The molecule has 0 amide bonds. The van der Waals surface area contributed by atoms with Crippen LogP contribution in [0.25, 0.3) is 0 Å². The highest BCUT2D eigenvalue weighted by Crippen LogP contribution is 2.05. The molecule has 0 fully saturated rings. The highest BCUT2D eigenvalue weighted by atomic mass is 16.2. The minimum atomic E-state index is -0.160. The predicted octanol–water partition coefficient (Wildman–Crippen LogP) is 0.635. The number of hydrogen-bond donors (Lipinski definition) is 1. The predicted molar refractivity (Wildman–Crippen MR) is 68.0 cm³/mol. The Kier molecular flexibility index (Phi) is 3.90. The summed E-state index contributed by atoms with van der Waals surface area (Å²) in [5.41, 5.74) is 1.70. The molecule has 2 aromatic rings. The van der Waals surface area contributed by atoms with Gasteiger partial charge in [-0.25, -0.2) is 4.98 Å². The average Bonchev–Trinajstić information content (AvgIpc) is 2.40. The Balaban J connectivity index is 2.25. The molecule has 90 valence electrons. The summed E-state index contributed by atoms with van der Waals surface area (Å²) in [5.74, 6) is 5.42. The Morgan fingerprint density at radius 1 is 1.33 bits per heavy atom. The number of rotatable bonds is 2. The first-order chi connectivity index (χ1) is 8.79. The van der Waals surface area contributed by atoms with E-state index in [-0.39, 0.29) is 12.2 Å². The molecule has 18 heavy (non-hydrogen) atoms. The Labute approximate surface area is 105 Å². The molecule has 1 heterocycles. The summed E-state index contributed by atoms with van der Waals surface area (Å²) in [7, 11) is 0. The maximum absolute atomic E-state index is 11.5. The zero-order chi connectivity index (χ0) is 12.8. The van der Waals surface area contributed by atoms with Gasteiger partial charge in [-0.3, -0.25) is 9.36 Å². The molecule has 0 unspecified atom stereocenters. The molecule has 0 radical (unpaired) electrons. The van der Waals surface area contributed by atoms with Gasteiger partial charge in [0.25, 0.3) is 5.56 Å². The van der Waals surface area contributed by atoms with Gasteiger partial charge in [0, 0.05) is 17.8 Å². The van der Waals surface area contributed by atoms with Gasteiger partial charge < -0.3 is 5.11 Å². The number of aromatic nitrogens is 2. The maximum Gasteiger partial charge on any atom is 0.253 e. The van der Waals surface area contributed by atoms with Gasteiger partial charge in [-0.15, -0.1) is 0 Å². The number of nitrogens with zero attached hydrogens (tertiary/aromatic N) is 2. The standard InChI is InChI=1S/C14H12N2O2/c17-8-2-5-12-3-1-4-13(9-12)10-16-11-15-7-6-14(16)18/h1,3-4,6-7,9,11,17H,8,10H2. The van der Waals surface area contributed by atoms with Crippen LogP contribution in [0.5, 0.6) is 0 Å². The number of benzene rings is 1. The normalized spacial score (nSPS) is 9.61. The summed E-state index contributed by atoms with van der Waals surface area (Å²) in [6, 6.07) is 8.97. The SMILES string of the molecule is O=c1ccncn1Cc1cccc(C#CCO)c1. The lowest BCUT2D eigenvalue weighted by molar-refractivity contribution is 0.350. The van der Waals surface area contributed by atoms with Crippen molar-refractivity contribution < 1.29 is 5.11 Å². The van der Waals surface area contributed by atoms with E-state index in [1.165, 1.54) is 23.2 Å². The van der Waals surface area contributed by atoms with Gasteiger partial charge in [0.2, 0.25) is 0 Å². The van der Waals surface area contributed by atoms with Crippen LogP contribution in [0.3, 0.4) is 0 Å². The molecule has 0 aliphatic rings. The molecular weight excluding hydrogens is 228 g/mol. The lowest BCUT2D eigenvalue weighted by atomic mass is 10.1. The highest BCUT2D eigenvalue weighted by molar-refractivity contribution is 5.37. The van der Waals surface area contributed by atoms with Crippen LogP contribution in [0.1, 0.15) is 11.1 Å². The average molecular weight is 240 g/mol. The van der Waals surface area contributed by atoms with E-state index in [4.69, 9.17) is 5.11 Å². The summed E-state index contributed by atoms with van der Waals surface area (Å²) >= 11 is 0. The third-order valence-electron chi connectivity index (χ3n) is 2.38. The topological polar surface area (TPSA) is 55.1 Å². The Morgan fingerprint density at radius 3 is 3.00 bits per heavy atom. The summed E-state index contributed by atoms with van der Waals surface area (Å²) in [6.07, 6.45) is 2.98. The Morgan fingerprint density at radius 2 is 2.22 bits per heavy atom. The summed E-state index contributed by atoms with van der Waals surface area (Å²) < 4.78 is 1.53. The van der Waals surface area contributed by atoms with E-state index >= 15 is 0 Å². The van der Waals surface area contributed by atoms with Crippen molar-refractivity contribution >= 4 is 0 Å². The van der Waals surface area contributed by atoms with Gasteiger partial charge in [-0.05, 0) is 17.7 Å². The molecule has 0 saturated heterocycles. The van der Waals surface area contributed by atoms with Crippen LogP contribution in [0.15, 0.2) is 47.7 Å². The van der Waals surface area contributed by atoms with Crippen LogP contribution in [0.2, 0.25) is 0 Å². The fourth-order valence-electron chi connectivity index (χ4n) is 1.58. The first-order valence-electron chi connectivity index (χ1n) is 5.49. The van der Waals surface area contributed by atoms with Gasteiger partial charge in [0.1, 0.15) is 6.61 Å². The smallest absolute Gasteiger partial charge is 0.253 e. The molecule has 4 nitrogen and oxygen atoms in total. The van der Waals surface area contributed by atoms with Crippen molar-refractivity contribution in [1.29, 1.82) is 0 Å². The molecule has 4 heteroatoms. The van der Waals surface area contributed by atoms with Crippen LogP contribution < -0.4 is 5.56 Å². The molecule has 1 aromatic carbocycles. The maximum atomic E-state index is 11.5. The zero-order valence-electron chi connectivity index (χ0n) is 9.71. The number of aliphatic hydroxyl groups is 1. The van der Waals surface area contributed by atoms with Gasteiger partial charge >= 0.3 is 0 Å². The second-order valence-corrected chi connectivity index (χ2v) is 3.71. The number of aliphatic hydroxyl groups excluding tert-OH is 1. The largest absolute Gasteiger partial charge is 0.384 e. The third kappa shape index (κ3) is 3.06. The van der Waals surface area contributed by atoms with Crippen LogP contribution in [-0.2, 0) is 6.54 Å². The van der Waals surface area contributed by atoms with Crippen molar-refractivity contribution in [2.45, 2.75) is 6.54 Å². The molecule has 2 rings (SSSR count). The Bertz CT molecular complexity index is 650. The molecule has 0 aliphatic carbocycles. The summed E-state index contributed by atoms with van der Waals surface area (Å²) in [6.45, 7) is 0.299. The fraction of sp³-hybridized carbons (Fsp3) is 0.143. The molecule has 1 aromatic heterocycles. The van der Waals surface area contributed by atoms with E-state index in [1.54, 1.807) is 0 Å². The van der Waals surface area contributed by atoms with E-state index < -0.39 is 0 Å². The molecular formula is C14H12N2O2. The summed E-state index contributed by atoms with van der Waals surface area (Å²) in [4.78, 5) is 15.5. The van der Waals surface area contributed by atoms with E-state index in [0.717, 1.165) is 11.1 Å². The monoisotopic (exact) mass is 240 g/mol. The lowest BCUT2D eigenvalue weighted by Gasteiger charge is -2.04. The van der Waals surface area contributed by atoms with E-state index in [2.05, 4.69) is 16.8 Å². The van der Waals surface area contributed by atoms with Crippen molar-refractivity contribution in [3.63, 3.8) is 0 Å². The van der Waals surface area contributed by atoms with Crippen molar-refractivity contribution in [2.75, 3.05) is 6.61 Å². The number of hydrogen-bond acceptors (Lipinski definition) is 3. The van der Waals surface area contributed by atoms with E-state index in [9.17, 15) is 4.79 Å². The molecule has 0 saturated carbocycles. The quantitative estimate of drug-likeness (QED) is 0.783. The second-order valence-electron chi connectivity index (χ2n) is 3.71. The lowest BCUT2D eigenvalue weighted by Crippen LogP contribution is -2.19. The summed E-state index contributed by atoms with van der Waals surface area (Å²) in [5, 5.41) is 8.64. The first kappa shape index (κ1) is 12.1. The molecule has 0 spiro atoms. The van der Waals surface area contributed by atoms with Crippen molar-refractivity contribution in [2.24, 2.45) is 0 Å². The van der Waals surface area contributed by atoms with Crippen molar-refractivity contribution in [3.05, 3.63) is 64.3 Å². The van der Waals surface area contributed by atoms with Gasteiger partial charge in [0.15, 0.2) is 0 Å². The minimum Gasteiger partial charge on any atom is -0.384 e. The van der Waals surface area contributed by atoms with Crippen LogP contribution >= 0.6 is 0 Å². The molecule has 0 aliphatic heterocycles. The molecule has 0 bridgehead atoms. The van der Waals surface area contributed by atoms with Gasteiger partial charge in [-0.1, -0.05) is 24.0 Å². The van der Waals surface area contributed by atoms with E-state index in [1.807, 2.05) is 24.3 Å². The molecule has 0 atom stereocenters. The minimum absolute atomic E-state index is 0.0863. The highest BCUT2D eigenvalue weighted by Gasteiger charge is 1.98. The van der Waals surface area contributed by atoms with Crippen molar-refractivity contribution in [1.82, 2.24) is 9.55 Å². The van der Waals surface area contributed by atoms with Crippen LogP contribution in [-0.4, -0.2) is 21.3 Å². The Hall–Kier alpha value is -2.38. The molecule has 1 N–H and O–H groups in total. The van der Waals surface area contributed by atoms with Crippen molar-refractivity contribution in [3.8, 4) is 11.8 Å². The van der Waals surface area contributed by atoms with Crippen LogP contribution in [0.4, 0.5) is 0 Å². The fourth-order valence-corrected chi connectivity index (χ4v) is 1.58. The van der Waals surface area contributed by atoms with Gasteiger partial charge in [0.05, 0.1) is 12.9 Å². The zero-order valence-corrected chi connectivity index (χ0v) is 9.71. The first-order valence-corrected chi connectivity index (χ1v) is 5.49. The second kappa shape index (κ2) is 5.80. The van der Waals surface area contributed by atoms with Crippen LogP contribution in [0, 0.1) is 11.8 Å². The van der Waals surface area contributed by atoms with E-state index in [0.29, 0.717) is 6.54 Å².